The van der Waals surface area contributed by atoms with Crippen molar-refractivity contribution < 1.29 is 17.9 Å². The van der Waals surface area contributed by atoms with Gasteiger partial charge < -0.3 is 14.5 Å². The molecule has 2 fully saturated rings. The van der Waals surface area contributed by atoms with Gasteiger partial charge in [-0.3, -0.25) is 4.79 Å². The van der Waals surface area contributed by atoms with E-state index >= 15 is 0 Å². The van der Waals surface area contributed by atoms with Crippen molar-refractivity contribution in [3.63, 3.8) is 0 Å². The standard InChI is InChI=1S/C20H28N2O4S/c1-16(15-27(2,24)25)22(19-8-9-19)20(23)10-5-17-3-6-18(7-4-17)21-11-13-26-14-12-21/h3-7,10,16,19H,8-9,11-15H2,1-2H3/b10-5+. The zero-order valence-corrected chi connectivity index (χ0v) is 16.8. The Bertz CT molecular complexity index is 779. The third kappa shape index (κ3) is 5.81. The van der Waals surface area contributed by atoms with Crippen molar-refractivity contribution in [2.45, 2.75) is 31.8 Å². The van der Waals surface area contributed by atoms with E-state index in [1.54, 1.807) is 17.1 Å². The fourth-order valence-electron chi connectivity index (χ4n) is 3.50. The first kappa shape index (κ1) is 19.9. The largest absolute Gasteiger partial charge is 0.378 e. The molecular formula is C20H28N2O4S. The van der Waals surface area contributed by atoms with E-state index in [0.717, 1.165) is 50.4 Å². The summed E-state index contributed by atoms with van der Waals surface area (Å²) in [5.41, 5.74) is 2.11. The number of rotatable bonds is 7. The van der Waals surface area contributed by atoms with Crippen molar-refractivity contribution >= 4 is 27.5 Å². The van der Waals surface area contributed by atoms with Gasteiger partial charge in [-0.15, -0.1) is 0 Å². The van der Waals surface area contributed by atoms with Crippen LogP contribution >= 0.6 is 0 Å². The molecule has 1 atom stereocenters. The molecule has 1 aromatic rings. The van der Waals surface area contributed by atoms with E-state index < -0.39 is 9.84 Å². The Kier molecular flexibility index (Phi) is 6.22. The van der Waals surface area contributed by atoms with E-state index in [2.05, 4.69) is 17.0 Å². The van der Waals surface area contributed by atoms with Crippen LogP contribution in [0.5, 0.6) is 0 Å². The molecule has 7 heteroatoms. The number of hydrogen-bond acceptors (Lipinski definition) is 5. The second-order valence-electron chi connectivity index (χ2n) is 7.44. The van der Waals surface area contributed by atoms with Crippen molar-refractivity contribution in [1.82, 2.24) is 4.90 Å². The lowest BCUT2D eigenvalue weighted by molar-refractivity contribution is -0.128. The number of ether oxygens (including phenoxy) is 1. The molecule has 0 aromatic heterocycles. The first-order valence-corrected chi connectivity index (χ1v) is 11.5. The summed E-state index contributed by atoms with van der Waals surface area (Å²) >= 11 is 0. The van der Waals surface area contributed by atoms with Gasteiger partial charge in [-0.25, -0.2) is 8.42 Å². The highest BCUT2D eigenvalue weighted by molar-refractivity contribution is 7.90. The van der Waals surface area contributed by atoms with Crippen molar-refractivity contribution in [3.05, 3.63) is 35.9 Å². The molecule has 1 heterocycles. The maximum Gasteiger partial charge on any atom is 0.247 e. The molecule has 3 rings (SSSR count). The molecule has 0 radical (unpaired) electrons. The van der Waals surface area contributed by atoms with E-state index in [-0.39, 0.29) is 23.7 Å². The second kappa shape index (κ2) is 8.44. The van der Waals surface area contributed by atoms with Crippen LogP contribution in [0.1, 0.15) is 25.3 Å². The molecule has 27 heavy (non-hydrogen) atoms. The van der Waals surface area contributed by atoms with Crippen molar-refractivity contribution in [1.29, 1.82) is 0 Å². The predicted molar refractivity (Wildman–Crippen MR) is 108 cm³/mol. The average Bonchev–Trinajstić information content (AvgIpc) is 3.45. The zero-order chi connectivity index (χ0) is 19.4. The minimum atomic E-state index is -3.12. The van der Waals surface area contributed by atoms with Crippen LogP contribution in [0.3, 0.4) is 0 Å². The molecule has 0 N–H and O–H groups in total. The lowest BCUT2D eigenvalue weighted by Crippen LogP contribution is -2.43. The molecule has 0 bridgehead atoms. The van der Waals surface area contributed by atoms with Crippen molar-refractivity contribution in [3.8, 4) is 0 Å². The molecule has 1 saturated heterocycles. The third-order valence-corrected chi connectivity index (χ3v) is 5.99. The van der Waals surface area contributed by atoms with Gasteiger partial charge in [0.25, 0.3) is 0 Å². The van der Waals surface area contributed by atoms with Gasteiger partial charge in [0.2, 0.25) is 5.91 Å². The molecular weight excluding hydrogens is 364 g/mol. The Morgan fingerprint density at radius 2 is 1.89 bits per heavy atom. The monoisotopic (exact) mass is 392 g/mol. The SMILES string of the molecule is CC(CS(C)(=O)=O)N(C(=O)/C=C/c1ccc(N2CCOCC2)cc1)C1CC1. The van der Waals surface area contributed by atoms with Crippen LogP contribution in [0.15, 0.2) is 30.3 Å². The normalized spacial score (nSPS) is 19.3. The van der Waals surface area contributed by atoms with Gasteiger partial charge in [-0.2, -0.15) is 0 Å². The van der Waals surface area contributed by atoms with Gasteiger partial charge in [0.1, 0.15) is 9.84 Å². The topological polar surface area (TPSA) is 66.9 Å². The summed E-state index contributed by atoms with van der Waals surface area (Å²) in [5.74, 6) is -0.122. The van der Waals surface area contributed by atoms with Gasteiger partial charge in [0.05, 0.1) is 19.0 Å². The molecule has 1 aliphatic carbocycles. The van der Waals surface area contributed by atoms with E-state index in [1.165, 1.54) is 6.26 Å². The van der Waals surface area contributed by atoms with Crippen LogP contribution in [-0.4, -0.2) is 69.6 Å². The zero-order valence-electron chi connectivity index (χ0n) is 16.0. The van der Waals surface area contributed by atoms with Gasteiger partial charge in [0.15, 0.2) is 0 Å². The van der Waals surface area contributed by atoms with Crippen LogP contribution < -0.4 is 4.90 Å². The number of hydrogen-bond donors (Lipinski definition) is 0. The van der Waals surface area contributed by atoms with Crippen LogP contribution in [-0.2, 0) is 19.4 Å². The Labute approximate surface area is 161 Å². The van der Waals surface area contributed by atoms with E-state index in [1.807, 2.05) is 19.1 Å². The average molecular weight is 393 g/mol. The number of carbonyl (C=O) groups is 1. The summed E-state index contributed by atoms with van der Waals surface area (Å²) < 4.78 is 28.5. The molecule has 1 aromatic carbocycles. The van der Waals surface area contributed by atoms with Crippen molar-refractivity contribution in [2.75, 3.05) is 43.2 Å². The molecule has 6 nitrogen and oxygen atoms in total. The van der Waals surface area contributed by atoms with Crippen LogP contribution in [0, 0.1) is 0 Å². The molecule has 1 unspecified atom stereocenters. The van der Waals surface area contributed by atoms with Gasteiger partial charge in [-0.1, -0.05) is 12.1 Å². The summed E-state index contributed by atoms with van der Waals surface area (Å²) in [5, 5.41) is 0. The van der Waals surface area contributed by atoms with Gasteiger partial charge >= 0.3 is 0 Å². The number of anilines is 1. The van der Waals surface area contributed by atoms with Gasteiger partial charge in [0, 0.05) is 43.2 Å². The molecule has 2 aliphatic rings. The number of carbonyl (C=O) groups excluding carboxylic acids is 1. The number of sulfone groups is 1. The highest BCUT2D eigenvalue weighted by Gasteiger charge is 2.35. The first-order chi connectivity index (χ1) is 12.8. The highest BCUT2D eigenvalue weighted by atomic mass is 32.2. The number of morpholine rings is 1. The quantitative estimate of drug-likeness (QED) is 0.664. The minimum absolute atomic E-state index is 0.00265. The third-order valence-electron chi connectivity index (χ3n) is 4.90. The Balaban J connectivity index is 1.63. The fourth-order valence-corrected chi connectivity index (χ4v) is 4.54. The lowest BCUT2D eigenvalue weighted by atomic mass is 10.1. The smallest absolute Gasteiger partial charge is 0.247 e. The fraction of sp³-hybridized carbons (Fsp3) is 0.550. The van der Waals surface area contributed by atoms with Gasteiger partial charge in [-0.05, 0) is 43.5 Å². The van der Waals surface area contributed by atoms with Crippen LogP contribution in [0.2, 0.25) is 0 Å². The molecule has 0 spiro atoms. The summed E-state index contributed by atoms with van der Waals surface area (Å²) in [6.45, 7) is 5.09. The number of benzene rings is 1. The Hall–Kier alpha value is -1.86. The Morgan fingerprint density at radius 3 is 2.44 bits per heavy atom. The van der Waals surface area contributed by atoms with E-state index in [4.69, 9.17) is 4.74 Å². The summed E-state index contributed by atoms with van der Waals surface area (Å²) in [4.78, 5) is 16.7. The molecule has 1 amide bonds. The number of amides is 1. The highest BCUT2D eigenvalue weighted by Crippen LogP contribution is 2.29. The lowest BCUT2D eigenvalue weighted by Gasteiger charge is -2.29. The molecule has 1 aliphatic heterocycles. The summed E-state index contributed by atoms with van der Waals surface area (Å²) in [6.07, 6.45) is 6.46. The number of nitrogens with zero attached hydrogens (tertiary/aromatic N) is 2. The first-order valence-electron chi connectivity index (χ1n) is 9.44. The molecule has 1 saturated carbocycles. The van der Waals surface area contributed by atoms with E-state index in [0.29, 0.717) is 0 Å². The summed E-state index contributed by atoms with van der Waals surface area (Å²) in [7, 11) is -3.12. The molecule has 148 valence electrons. The minimum Gasteiger partial charge on any atom is -0.378 e. The van der Waals surface area contributed by atoms with Crippen LogP contribution in [0.4, 0.5) is 5.69 Å². The van der Waals surface area contributed by atoms with E-state index in [9.17, 15) is 13.2 Å². The maximum absolute atomic E-state index is 12.7. The van der Waals surface area contributed by atoms with Crippen molar-refractivity contribution in [2.24, 2.45) is 0 Å². The van der Waals surface area contributed by atoms with Crippen LogP contribution in [0.25, 0.3) is 6.08 Å². The predicted octanol–water partition coefficient (Wildman–Crippen LogP) is 1.96. The maximum atomic E-state index is 12.7. The second-order valence-corrected chi connectivity index (χ2v) is 9.63. The summed E-state index contributed by atoms with van der Waals surface area (Å²) in [6, 6.07) is 7.96. The Morgan fingerprint density at radius 1 is 1.26 bits per heavy atom.